The molecule has 17 heavy (non-hydrogen) atoms. The Morgan fingerprint density at radius 3 is 2.82 bits per heavy atom. The molecule has 4 nitrogen and oxygen atoms in total. The highest BCUT2D eigenvalue weighted by atomic mass is 16.5. The summed E-state index contributed by atoms with van der Waals surface area (Å²) in [5, 5.41) is 8.92. The normalized spacial score (nSPS) is 10.5. The van der Waals surface area contributed by atoms with E-state index in [0.717, 1.165) is 22.8 Å². The predicted octanol–water partition coefficient (Wildman–Crippen LogP) is 1.63. The summed E-state index contributed by atoms with van der Waals surface area (Å²) in [6, 6.07) is 7.78. The van der Waals surface area contributed by atoms with Crippen LogP contribution >= 0.6 is 0 Å². The molecule has 0 fully saturated rings. The van der Waals surface area contributed by atoms with Gasteiger partial charge in [-0.3, -0.25) is 0 Å². The zero-order valence-corrected chi connectivity index (χ0v) is 10.1. The maximum absolute atomic E-state index is 8.92. The number of para-hydroxylation sites is 1. The van der Waals surface area contributed by atoms with Crippen molar-refractivity contribution in [1.82, 2.24) is 9.55 Å². The van der Waals surface area contributed by atoms with Gasteiger partial charge >= 0.3 is 0 Å². The van der Waals surface area contributed by atoms with Crippen LogP contribution in [0.1, 0.15) is 5.69 Å². The number of nitrogens with zero attached hydrogens (tertiary/aromatic N) is 2. The number of ether oxygens (including phenoxy) is 1. The maximum atomic E-state index is 8.92. The highest BCUT2D eigenvalue weighted by Crippen LogP contribution is 2.28. The van der Waals surface area contributed by atoms with Gasteiger partial charge in [-0.05, 0) is 12.1 Å². The van der Waals surface area contributed by atoms with Gasteiger partial charge in [0.1, 0.15) is 11.6 Å². The number of benzene rings is 1. The van der Waals surface area contributed by atoms with Gasteiger partial charge in [0.25, 0.3) is 0 Å². The van der Waals surface area contributed by atoms with Crippen LogP contribution in [0.5, 0.6) is 5.75 Å². The van der Waals surface area contributed by atoms with Crippen LogP contribution in [-0.4, -0.2) is 28.4 Å². The van der Waals surface area contributed by atoms with E-state index in [4.69, 9.17) is 9.84 Å². The molecule has 0 unspecified atom stereocenters. The first-order valence-corrected chi connectivity index (χ1v) is 5.52. The molecular weight excluding hydrogens is 216 g/mol. The Bertz CT molecular complexity index is 506. The van der Waals surface area contributed by atoms with Gasteiger partial charge in [-0.15, -0.1) is 0 Å². The van der Waals surface area contributed by atoms with E-state index in [1.165, 1.54) is 0 Å². The van der Waals surface area contributed by atoms with E-state index in [-0.39, 0.29) is 6.61 Å². The largest absolute Gasteiger partial charge is 0.496 e. The van der Waals surface area contributed by atoms with Gasteiger partial charge in [0.05, 0.1) is 18.4 Å². The van der Waals surface area contributed by atoms with E-state index < -0.39 is 0 Å². The molecule has 1 aromatic carbocycles. The van der Waals surface area contributed by atoms with Crippen molar-refractivity contribution in [2.75, 3.05) is 13.7 Å². The summed E-state index contributed by atoms with van der Waals surface area (Å²) in [5.41, 5.74) is 1.84. The summed E-state index contributed by atoms with van der Waals surface area (Å²) in [6.45, 7) is 0.113. The zero-order chi connectivity index (χ0) is 12.3. The van der Waals surface area contributed by atoms with E-state index in [9.17, 15) is 0 Å². The SMILES string of the molecule is COc1ccccc1-c1nc(CCO)cn1C. The standard InChI is InChI=1S/C13H16N2O2/c1-15-9-10(7-8-16)14-13(15)11-5-3-4-6-12(11)17-2/h3-6,9,16H,7-8H2,1-2H3. The van der Waals surface area contributed by atoms with E-state index in [2.05, 4.69) is 4.98 Å². The van der Waals surface area contributed by atoms with Crippen molar-refractivity contribution >= 4 is 0 Å². The molecule has 0 aliphatic carbocycles. The summed E-state index contributed by atoms with van der Waals surface area (Å²) in [5.74, 6) is 1.66. The van der Waals surface area contributed by atoms with Crippen molar-refractivity contribution in [3.05, 3.63) is 36.2 Å². The fourth-order valence-electron chi connectivity index (χ4n) is 1.84. The molecule has 0 spiro atoms. The number of imidazole rings is 1. The van der Waals surface area contributed by atoms with Crippen LogP contribution in [0.15, 0.2) is 30.5 Å². The second-order valence-corrected chi connectivity index (χ2v) is 3.84. The molecule has 0 aliphatic rings. The van der Waals surface area contributed by atoms with Gasteiger partial charge in [0, 0.05) is 26.3 Å². The van der Waals surface area contributed by atoms with E-state index >= 15 is 0 Å². The molecule has 1 heterocycles. The molecule has 0 aliphatic heterocycles. The molecule has 4 heteroatoms. The average Bonchev–Trinajstić information content (AvgIpc) is 2.70. The fraction of sp³-hybridized carbons (Fsp3) is 0.308. The fourth-order valence-corrected chi connectivity index (χ4v) is 1.84. The summed E-state index contributed by atoms with van der Waals surface area (Å²) in [6.07, 6.45) is 2.50. The van der Waals surface area contributed by atoms with Gasteiger partial charge in [-0.1, -0.05) is 12.1 Å². The molecule has 0 bridgehead atoms. The molecular formula is C13H16N2O2. The van der Waals surface area contributed by atoms with Gasteiger partial charge in [-0.2, -0.15) is 0 Å². The third-order valence-corrected chi connectivity index (χ3v) is 2.64. The molecule has 0 atom stereocenters. The third-order valence-electron chi connectivity index (χ3n) is 2.64. The smallest absolute Gasteiger partial charge is 0.143 e. The number of aliphatic hydroxyl groups is 1. The number of aryl methyl sites for hydroxylation is 1. The lowest BCUT2D eigenvalue weighted by Crippen LogP contribution is -1.94. The highest BCUT2D eigenvalue weighted by molar-refractivity contribution is 5.64. The van der Waals surface area contributed by atoms with Gasteiger partial charge in [0.15, 0.2) is 0 Å². The van der Waals surface area contributed by atoms with E-state index in [1.54, 1.807) is 7.11 Å². The predicted molar refractivity (Wildman–Crippen MR) is 66.0 cm³/mol. The van der Waals surface area contributed by atoms with E-state index in [1.807, 2.05) is 42.1 Å². The lowest BCUT2D eigenvalue weighted by molar-refractivity contribution is 0.298. The maximum Gasteiger partial charge on any atom is 0.143 e. The summed E-state index contributed by atoms with van der Waals surface area (Å²) < 4.78 is 7.27. The van der Waals surface area contributed by atoms with Crippen LogP contribution in [0.25, 0.3) is 11.4 Å². The van der Waals surface area contributed by atoms with Gasteiger partial charge in [0.2, 0.25) is 0 Å². The Kier molecular flexibility index (Phi) is 3.44. The number of rotatable bonds is 4. The second-order valence-electron chi connectivity index (χ2n) is 3.84. The first kappa shape index (κ1) is 11.7. The molecule has 0 amide bonds. The van der Waals surface area contributed by atoms with Crippen LogP contribution < -0.4 is 4.74 Å². The lowest BCUT2D eigenvalue weighted by Gasteiger charge is -2.07. The van der Waals surface area contributed by atoms with Crippen molar-refractivity contribution in [3.63, 3.8) is 0 Å². The molecule has 0 radical (unpaired) electrons. The average molecular weight is 232 g/mol. The number of hydrogen-bond donors (Lipinski definition) is 1. The van der Waals surface area contributed by atoms with Crippen molar-refractivity contribution in [1.29, 1.82) is 0 Å². The third kappa shape index (κ3) is 2.31. The first-order valence-electron chi connectivity index (χ1n) is 5.52. The number of aliphatic hydroxyl groups excluding tert-OH is 1. The van der Waals surface area contributed by atoms with Crippen molar-refractivity contribution in [2.24, 2.45) is 7.05 Å². The molecule has 0 saturated heterocycles. The number of methoxy groups -OCH3 is 1. The van der Waals surface area contributed by atoms with Crippen LogP contribution in [0.4, 0.5) is 0 Å². The second kappa shape index (κ2) is 5.01. The minimum absolute atomic E-state index is 0.113. The van der Waals surface area contributed by atoms with E-state index in [0.29, 0.717) is 6.42 Å². The number of hydrogen-bond acceptors (Lipinski definition) is 3. The highest BCUT2D eigenvalue weighted by Gasteiger charge is 2.11. The Hall–Kier alpha value is -1.81. The molecule has 90 valence electrons. The quantitative estimate of drug-likeness (QED) is 0.871. The molecule has 1 N–H and O–H groups in total. The Morgan fingerprint density at radius 1 is 1.35 bits per heavy atom. The zero-order valence-electron chi connectivity index (χ0n) is 10.1. The van der Waals surface area contributed by atoms with Crippen LogP contribution in [0.2, 0.25) is 0 Å². The molecule has 2 aromatic rings. The molecule has 0 saturated carbocycles. The summed E-state index contributed by atoms with van der Waals surface area (Å²) in [4.78, 5) is 4.50. The minimum atomic E-state index is 0.113. The number of aromatic nitrogens is 2. The monoisotopic (exact) mass is 232 g/mol. The minimum Gasteiger partial charge on any atom is -0.496 e. The Labute approximate surface area is 100 Å². The first-order chi connectivity index (χ1) is 8.26. The molecule has 1 aromatic heterocycles. The summed E-state index contributed by atoms with van der Waals surface area (Å²) in [7, 11) is 3.59. The Balaban J connectivity index is 2.45. The van der Waals surface area contributed by atoms with Crippen LogP contribution in [0, 0.1) is 0 Å². The lowest BCUT2D eigenvalue weighted by atomic mass is 10.2. The molecule has 2 rings (SSSR count). The summed E-state index contributed by atoms with van der Waals surface area (Å²) >= 11 is 0. The van der Waals surface area contributed by atoms with Crippen molar-refractivity contribution < 1.29 is 9.84 Å². The van der Waals surface area contributed by atoms with Crippen LogP contribution in [-0.2, 0) is 13.5 Å². The van der Waals surface area contributed by atoms with Gasteiger partial charge in [-0.25, -0.2) is 4.98 Å². The van der Waals surface area contributed by atoms with Crippen molar-refractivity contribution in [3.8, 4) is 17.1 Å². The topological polar surface area (TPSA) is 47.3 Å². The van der Waals surface area contributed by atoms with Gasteiger partial charge < -0.3 is 14.4 Å². The van der Waals surface area contributed by atoms with Crippen LogP contribution in [0.3, 0.4) is 0 Å². The van der Waals surface area contributed by atoms with Crippen molar-refractivity contribution in [2.45, 2.75) is 6.42 Å². The Morgan fingerprint density at radius 2 is 2.12 bits per heavy atom.